The van der Waals surface area contributed by atoms with Gasteiger partial charge in [0.25, 0.3) is 10.1 Å². The second-order valence-corrected chi connectivity index (χ2v) is 5.64. The fourth-order valence-corrected chi connectivity index (χ4v) is 1.82. The van der Waals surface area contributed by atoms with Crippen molar-refractivity contribution < 1.29 is 13.0 Å². The van der Waals surface area contributed by atoms with E-state index in [0.29, 0.717) is 6.26 Å². The minimum Gasteiger partial charge on any atom is -0.286 e. The molecule has 0 unspecified atom stereocenters. The third-order valence-corrected chi connectivity index (χ3v) is 2.61. The summed E-state index contributed by atoms with van der Waals surface area (Å²) in [5.41, 5.74) is 2.81. The van der Waals surface area contributed by atoms with E-state index in [1.54, 1.807) is 0 Å². The molecule has 18 heavy (non-hydrogen) atoms. The highest BCUT2D eigenvalue weighted by atomic mass is 32.2. The Morgan fingerprint density at radius 3 is 2.06 bits per heavy atom. The lowest BCUT2D eigenvalue weighted by Gasteiger charge is -2.06. The van der Waals surface area contributed by atoms with Crippen molar-refractivity contribution in [3.05, 3.63) is 47.5 Å². The fraction of sp³-hybridized carbons (Fsp3) is 0.286. The highest BCUT2D eigenvalue weighted by molar-refractivity contribution is 7.85. The Morgan fingerprint density at radius 2 is 1.56 bits per heavy atom. The monoisotopic (exact) mass is 266 g/mol. The Bertz CT molecular complexity index is 623. The summed E-state index contributed by atoms with van der Waals surface area (Å²) in [6.45, 7) is 4.37. The van der Waals surface area contributed by atoms with Crippen molar-refractivity contribution in [2.75, 3.05) is 6.26 Å². The molecule has 2 aromatic carbocycles. The van der Waals surface area contributed by atoms with Crippen molar-refractivity contribution >= 4 is 20.9 Å². The van der Waals surface area contributed by atoms with Gasteiger partial charge in [0.1, 0.15) is 0 Å². The molecule has 0 bridgehead atoms. The Kier molecular flexibility index (Phi) is 4.87. The molecule has 0 saturated carbocycles. The van der Waals surface area contributed by atoms with Crippen molar-refractivity contribution in [1.29, 1.82) is 0 Å². The number of rotatable bonds is 1. The fourth-order valence-electron chi connectivity index (χ4n) is 1.82. The van der Waals surface area contributed by atoms with Crippen LogP contribution >= 0.6 is 0 Å². The summed E-state index contributed by atoms with van der Waals surface area (Å²) in [6, 6.07) is 13.1. The number of benzene rings is 2. The first-order valence-electron chi connectivity index (χ1n) is 5.72. The highest BCUT2D eigenvalue weighted by Gasteiger charge is 1.99. The van der Waals surface area contributed by atoms with Crippen LogP contribution < -0.4 is 0 Å². The van der Waals surface area contributed by atoms with Crippen LogP contribution in [0.25, 0.3) is 10.8 Å². The molecule has 0 amide bonds. The van der Waals surface area contributed by atoms with Gasteiger partial charge in [-0.2, -0.15) is 8.42 Å². The maximum absolute atomic E-state index is 9.19. The third-order valence-electron chi connectivity index (χ3n) is 2.61. The first kappa shape index (κ1) is 14.7. The summed E-state index contributed by atoms with van der Waals surface area (Å²) in [5, 5.41) is 2.80. The van der Waals surface area contributed by atoms with Gasteiger partial charge < -0.3 is 0 Å². The molecule has 0 aromatic heterocycles. The number of hydrogen-bond donors (Lipinski definition) is 1. The van der Waals surface area contributed by atoms with Crippen LogP contribution in [-0.2, 0) is 16.5 Å². The largest absolute Gasteiger partial charge is 0.286 e. The molecule has 0 heterocycles. The van der Waals surface area contributed by atoms with Gasteiger partial charge >= 0.3 is 0 Å². The van der Waals surface area contributed by atoms with Crippen molar-refractivity contribution in [2.45, 2.75) is 20.3 Å². The van der Waals surface area contributed by atoms with E-state index >= 15 is 0 Å². The number of hydrogen-bond acceptors (Lipinski definition) is 2. The van der Waals surface area contributed by atoms with Crippen molar-refractivity contribution in [3.63, 3.8) is 0 Å². The van der Waals surface area contributed by atoms with Crippen LogP contribution in [0.3, 0.4) is 0 Å². The van der Waals surface area contributed by atoms with Gasteiger partial charge in [0.05, 0.1) is 6.26 Å². The molecule has 0 atom stereocenters. The van der Waals surface area contributed by atoms with Gasteiger partial charge in [-0.15, -0.1) is 0 Å². The Labute approximate surface area is 108 Å². The van der Waals surface area contributed by atoms with Crippen LogP contribution in [0, 0.1) is 6.92 Å². The Morgan fingerprint density at radius 1 is 1.06 bits per heavy atom. The first-order chi connectivity index (χ1) is 8.33. The van der Waals surface area contributed by atoms with Gasteiger partial charge in [-0.05, 0) is 35.2 Å². The van der Waals surface area contributed by atoms with E-state index in [2.05, 4.69) is 50.2 Å². The summed E-state index contributed by atoms with van der Waals surface area (Å²) in [7, 11) is -3.67. The normalized spacial score (nSPS) is 10.9. The van der Waals surface area contributed by atoms with E-state index < -0.39 is 10.1 Å². The van der Waals surface area contributed by atoms with Crippen LogP contribution in [0.4, 0.5) is 0 Å². The Hall–Kier alpha value is -1.39. The molecule has 98 valence electrons. The smallest absolute Gasteiger partial charge is 0.261 e. The molecular formula is C14H18O3S. The summed E-state index contributed by atoms with van der Waals surface area (Å²) >= 11 is 0. The molecule has 0 fully saturated rings. The van der Waals surface area contributed by atoms with E-state index in [9.17, 15) is 8.42 Å². The van der Waals surface area contributed by atoms with E-state index in [-0.39, 0.29) is 0 Å². The minimum atomic E-state index is -3.67. The van der Waals surface area contributed by atoms with E-state index in [0.717, 1.165) is 6.42 Å². The van der Waals surface area contributed by atoms with E-state index in [1.807, 2.05) is 0 Å². The number of fused-ring (bicyclic) bond motifs is 1. The van der Waals surface area contributed by atoms with Crippen molar-refractivity contribution in [2.24, 2.45) is 0 Å². The predicted molar refractivity (Wildman–Crippen MR) is 75.5 cm³/mol. The Balaban J connectivity index is 0.000000280. The van der Waals surface area contributed by atoms with Gasteiger partial charge in [0.15, 0.2) is 0 Å². The summed E-state index contributed by atoms with van der Waals surface area (Å²) in [4.78, 5) is 0. The zero-order valence-corrected chi connectivity index (χ0v) is 11.7. The van der Waals surface area contributed by atoms with Crippen LogP contribution in [0.2, 0.25) is 0 Å². The molecule has 1 N–H and O–H groups in total. The summed E-state index contributed by atoms with van der Waals surface area (Å²) in [5.74, 6) is 0. The summed E-state index contributed by atoms with van der Waals surface area (Å²) < 4.78 is 25.9. The van der Waals surface area contributed by atoms with Gasteiger partial charge in [0.2, 0.25) is 0 Å². The van der Waals surface area contributed by atoms with Crippen LogP contribution in [-0.4, -0.2) is 19.2 Å². The number of aryl methyl sites for hydroxylation is 2. The topological polar surface area (TPSA) is 54.4 Å². The minimum absolute atomic E-state index is 0.715. The highest BCUT2D eigenvalue weighted by Crippen LogP contribution is 2.22. The SMILES string of the molecule is CCc1ccc(C)c2ccccc12.CS(=O)(=O)O. The van der Waals surface area contributed by atoms with Crippen molar-refractivity contribution in [3.8, 4) is 0 Å². The molecule has 0 radical (unpaired) electrons. The molecule has 0 aliphatic carbocycles. The van der Waals surface area contributed by atoms with Crippen LogP contribution in [0.1, 0.15) is 18.1 Å². The molecular weight excluding hydrogens is 248 g/mol. The third kappa shape index (κ3) is 4.47. The molecule has 0 spiro atoms. The van der Waals surface area contributed by atoms with E-state index in [4.69, 9.17) is 4.55 Å². The maximum atomic E-state index is 9.19. The molecule has 4 heteroatoms. The molecule has 0 aliphatic heterocycles. The van der Waals surface area contributed by atoms with Crippen LogP contribution in [0.15, 0.2) is 36.4 Å². The van der Waals surface area contributed by atoms with Crippen LogP contribution in [0.5, 0.6) is 0 Å². The first-order valence-corrected chi connectivity index (χ1v) is 7.57. The molecule has 2 aromatic rings. The van der Waals surface area contributed by atoms with Gasteiger partial charge in [-0.25, -0.2) is 0 Å². The van der Waals surface area contributed by atoms with Gasteiger partial charge in [-0.1, -0.05) is 43.3 Å². The lowest BCUT2D eigenvalue weighted by atomic mass is 9.99. The second-order valence-electron chi connectivity index (χ2n) is 4.17. The zero-order valence-electron chi connectivity index (χ0n) is 10.8. The molecule has 2 rings (SSSR count). The average molecular weight is 266 g/mol. The molecule has 0 aliphatic rings. The van der Waals surface area contributed by atoms with Gasteiger partial charge in [-0.3, -0.25) is 4.55 Å². The van der Waals surface area contributed by atoms with Crippen molar-refractivity contribution in [1.82, 2.24) is 0 Å². The molecule has 3 nitrogen and oxygen atoms in total. The molecule has 0 saturated heterocycles. The predicted octanol–water partition coefficient (Wildman–Crippen LogP) is 3.21. The maximum Gasteiger partial charge on any atom is 0.261 e. The average Bonchev–Trinajstić information content (AvgIpc) is 2.28. The second kappa shape index (κ2) is 5.98. The summed E-state index contributed by atoms with van der Waals surface area (Å²) in [6.07, 6.45) is 1.83. The zero-order chi connectivity index (χ0) is 13.8. The van der Waals surface area contributed by atoms with E-state index in [1.165, 1.54) is 21.9 Å². The van der Waals surface area contributed by atoms with Gasteiger partial charge in [0, 0.05) is 0 Å². The lowest BCUT2D eigenvalue weighted by molar-refractivity contribution is 0.490. The lowest BCUT2D eigenvalue weighted by Crippen LogP contribution is -1.88. The quantitative estimate of drug-likeness (QED) is 0.806. The standard InChI is InChI=1S/C13H14.CH4O3S/c1-3-11-9-8-10(2)12-6-4-5-7-13(11)12;1-5(2,3)4/h4-9H,3H2,1-2H3;1H3,(H,2,3,4).